The largest absolute Gasteiger partial charge is 0.349 e. The van der Waals surface area contributed by atoms with Gasteiger partial charge in [-0.25, -0.2) is 4.39 Å². The molecule has 2 N–H and O–H groups in total. The van der Waals surface area contributed by atoms with E-state index in [0.717, 1.165) is 24.1 Å². The Labute approximate surface area is 172 Å². The first-order chi connectivity index (χ1) is 12.7. The van der Waals surface area contributed by atoms with Crippen molar-refractivity contribution in [3.05, 3.63) is 53.6 Å². The number of amides is 1. The summed E-state index contributed by atoms with van der Waals surface area (Å²) in [5.41, 5.74) is 2.04. The van der Waals surface area contributed by atoms with Crippen LogP contribution in [0.15, 0.2) is 36.7 Å². The molecule has 1 amide bonds. The summed E-state index contributed by atoms with van der Waals surface area (Å²) in [6.45, 7) is 7.85. The summed E-state index contributed by atoms with van der Waals surface area (Å²) in [7, 11) is 1.88. The highest BCUT2D eigenvalue weighted by Crippen LogP contribution is 2.32. The predicted molar refractivity (Wildman–Crippen MR) is 111 cm³/mol. The topological polar surface area (TPSA) is 59.0 Å². The van der Waals surface area contributed by atoms with Crippen LogP contribution < -0.4 is 10.6 Å². The third-order valence-electron chi connectivity index (χ3n) is 5.11. The van der Waals surface area contributed by atoms with Gasteiger partial charge in [-0.2, -0.15) is 5.10 Å². The average molecular weight is 409 g/mol. The van der Waals surface area contributed by atoms with Crippen molar-refractivity contribution >= 4 is 18.3 Å². The number of halogens is 2. The summed E-state index contributed by atoms with van der Waals surface area (Å²) in [5, 5.41) is 10.8. The Morgan fingerprint density at radius 3 is 2.57 bits per heavy atom. The normalized spacial score (nSPS) is 20.5. The Balaban J connectivity index is 0.00000280. The average Bonchev–Trinajstić information content (AvgIpc) is 3.22. The molecule has 28 heavy (non-hydrogen) atoms. The standard InChI is InChI=1S/C21H29FN4O.ClH/c1-21(2,3)9-19(14-5-7-16(22)8-6-14)25-20(27)18-12-23-11-17(18)15-10-24-26(4)13-15;/h5-8,10,13,17-19,23H,9,11-12H2,1-4H3,(H,25,27);1H/t17-,18+,19?;/m1./s1. The highest BCUT2D eigenvalue weighted by Gasteiger charge is 2.36. The number of carbonyl (C=O) groups excluding carboxylic acids is 1. The summed E-state index contributed by atoms with van der Waals surface area (Å²) in [5.74, 6) is -0.261. The van der Waals surface area contributed by atoms with E-state index in [0.29, 0.717) is 6.54 Å². The second-order valence-corrected chi connectivity index (χ2v) is 8.70. The number of rotatable bonds is 5. The van der Waals surface area contributed by atoms with Gasteiger partial charge in [-0.3, -0.25) is 9.48 Å². The minimum atomic E-state index is -0.267. The van der Waals surface area contributed by atoms with Crippen LogP contribution in [0, 0.1) is 17.2 Å². The summed E-state index contributed by atoms with van der Waals surface area (Å²) >= 11 is 0. The number of hydrogen-bond acceptors (Lipinski definition) is 3. The molecule has 0 spiro atoms. The molecule has 1 aromatic carbocycles. The fraction of sp³-hybridized carbons (Fsp3) is 0.524. The van der Waals surface area contributed by atoms with Crippen LogP contribution >= 0.6 is 12.4 Å². The Hall–Kier alpha value is -1.92. The van der Waals surface area contributed by atoms with E-state index in [9.17, 15) is 9.18 Å². The van der Waals surface area contributed by atoms with Gasteiger partial charge in [0.25, 0.3) is 0 Å². The van der Waals surface area contributed by atoms with Crippen molar-refractivity contribution in [2.75, 3.05) is 13.1 Å². The Morgan fingerprint density at radius 1 is 1.32 bits per heavy atom. The van der Waals surface area contributed by atoms with E-state index in [1.54, 1.807) is 16.8 Å². The number of aryl methyl sites for hydroxylation is 1. The van der Waals surface area contributed by atoms with Crippen LogP contribution in [0.3, 0.4) is 0 Å². The van der Waals surface area contributed by atoms with Gasteiger partial charge in [0.05, 0.1) is 18.2 Å². The molecule has 1 unspecified atom stereocenters. The van der Waals surface area contributed by atoms with Gasteiger partial charge in [0, 0.05) is 32.3 Å². The molecule has 154 valence electrons. The minimum Gasteiger partial charge on any atom is -0.349 e. The third kappa shape index (κ3) is 5.55. The van der Waals surface area contributed by atoms with Crippen LogP contribution in [0.2, 0.25) is 0 Å². The van der Waals surface area contributed by atoms with Gasteiger partial charge in [-0.1, -0.05) is 32.9 Å². The molecule has 2 heterocycles. The molecule has 1 aliphatic rings. The van der Waals surface area contributed by atoms with Gasteiger partial charge in [-0.15, -0.1) is 12.4 Å². The molecular weight excluding hydrogens is 379 g/mol. The summed E-state index contributed by atoms with van der Waals surface area (Å²) in [4.78, 5) is 13.1. The van der Waals surface area contributed by atoms with E-state index in [4.69, 9.17) is 0 Å². The zero-order valence-electron chi connectivity index (χ0n) is 16.9. The third-order valence-corrected chi connectivity index (χ3v) is 5.11. The SMILES string of the molecule is Cl.Cn1cc([C@H]2CNC[C@@H]2C(=O)NC(CC(C)(C)C)c2ccc(F)cc2)cn1. The van der Waals surface area contributed by atoms with E-state index >= 15 is 0 Å². The van der Waals surface area contributed by atoms with Crippen molar-refractivity contribution in [1.29, 1.82) is 0 Å². The molecule has 0 bridgehead atoms. The highest BCUT2D eigenvalue weighted by molar-refractivity contribution is 5.85. The lowest BCUT2D eigenvalue weighted by atomic mass is 9.84. The first-order valence-electron chi connectivity index (χ1n) is 9.48. The summed E-state index contributed by atoms with van der Waals surface area (Å²) < 4.78 is 15.1. The quantitative estimate of drug-likeness (QED) is 0.795. The Kier molecular flexibility index (Phi) is 7.23. The van der Waals surface area contributed by atoms with Gasteiger partial charge < -0.3 is 10.6 Å². The molecule has 1 fully saturated rings. The number of carbonyl (C=O) groups is 1. The maximum absolute atomic E-state index is 13.3. The van der Waals surface area contributed by atoms with Crippen LogP contribution in [-0.2, 0) is 11.8 Å². The molecule has 2 aromatic rings. The Morgan fingerprint density at radius 2 is 2.00 bits per heavy atom. The van der Waals surface area contributed by atoms with Crippen LogP contribution in [0.4, 0.5) is 4.39 Å². The van der Waals surface area contributed by atoms with Crippen LogP contribution in [0.25, 0.3) is 0 Å². The molecule has 1 saturated heterocycles. The molecule has 0 saturated carbocycles. The van der Waals surface area contributed by atoms with Crippen LogP contribution in [0.1, 0.15) is 50.3 Å². The monoisotopic (exact) mass is 408 g/mol. The molecule has 3 atom stereocenters. The lowest BCUT2D eigenvalue weighted by Gasteiger charge is -2.29. The number of nitrogens with zero attached hydrogens (tertiary/aromatic N) is 2. The molecule has 7 heteroatoms. The second-order valence-electron chi connectivity index (χ2n) is 8.70. The van der Waals surface area contributed by atoms with E-state index in [1.165, 1.54) is 12.1 Å². The fourth-order valence-corrected chi connectivity index (χ4v) is 3.77. The van der Waals surface area contributed by atoms with Crippen molar-refractivity contribution in [1.82, 2.24) is 20.4 Å². The minimum absolute atomic E-state index is 0. The van der Waals surface area contributed by atoms with Crippen molar-refractivity contribution in [3.8, 4) is 0 Å². The summed E-state index contributed by atoms with van der Waals surface area (Å²) in [6.07, 6.45) is 4.59. The van der Waals surface area contributed by atoms with Gasteiger partial charge in [-0.05, 0) is 35.1 Å². The van der Waals surface area contributed by atoms with E-state index < -0.39 is 0 Å². The number of hydrogen-bond donors (Lipinski definition) is 2. The molecule has 0 aliphatic carbocycles. The zero-order valence-corrected chi connectivity index (χ0v) is 17.7. The summed E-state index contributed by atoms with van der Waals surface area (Å²) in [6, 6.07) is 6.28. The smallest absolute Gasteiger partial charge is 0.225 e. The zero-order chi connectivity index (χ0) is 19.6. The number of nitrogens with one attached hydrogen (secondary N) is 2. The number of benzene rings is 1. The number of aromatic nitrogens is 2. The predicted octanol–water partition coefficient (Wildman–Crippen LogP) is 3.58. The van der Waals surface area contributed by atoms with Gasteiger partial charge >= 0.3 is 0 Å². The van der Waals surface area contributed by atoms with Crippen molar-refractivity contribution in [3.63, 3.8) is 0 Å². The van der Waals surface area contributed by atoms with Crippen LogP contribution in [-0.4, -0.2) is 28.8 Å². The Bertz CT molecular complexity index is 784. The molecule has 1 aliphatic heterocycles. The van der Waals surface area contributed by atoms with Crippen molar-refractivity contribution in [2.24, 2.45) is 18.4 Å². The van der Waals surface area contributed by atoms with Gasteiger partial charge in [0.1, 0.15) is 5.82 Å². The molecule has 5 nitrogen and oxygen atoms in total. The van der Waals surface area contributed by atoms with E-state index in [1.807, 2.05) is 19.4 Å². The molecule has 0 radical (unpaired) electrons. The molecule has 1 aromatic heterocycles. The first-order valence-corrected chi connectivity index (χ1v) is 9.48. The molecule has 3 rings (SSSR count). The van der Waals surface area contributed by atoms with Crippen molar-refractivity contribution < 1.29 is 9.18 Å². The highest BCUT2D eigenvalue weighted by atomic mass is 35.5. The fourth-order valence-electron chi connectivity index (χ4n) is 3.77. The van der Waals surface area contributed by atoms with Gasteiger partial charge in [0.2, 0.25) is 5.91 Å². The van der Waals surface area contributed by atoms with Gasteiger partial charge in [0.15, 0.2) is 0 Å². The van der Waals surface area contributed by atoms with E-state index in [-0.39, 0.29) is 47.4 Å². The maximum Gasteiger partial charge on any atom is 0.225 e. The molecular formula is C21H30ClFN4O. The maximum atomic E-state index is 13.3. The lowest BCUT2D eigenvalue weighted by molar-refractivity contribution is -0.125. The van der Waals surface area contributed by atoms with E-state index in [2.05, 4.69) is 36.5 Å². The van der Waals surface area contributed by atoms with Crippen LogP contribution in [0.5, 0.6) is 0 Å². The van der Waals surface area contributed by atoms with Crippen molar-refractivity contribution in [2.45, 2.75) is 39.2 Å². The first kappa shape index (κ1) is 22.4. The second kappa shape index (κ2) is 9.05. The lowest BCUT2D eigenvalue weighted by Crippen LogP contribution is -2.38.